The summed E-state index contributed by atoms with van der Waals surface area (Å²) in [7, 11) is 0. The van der Waals surface area contributed by atoms with E-state index in [2.05, 4.69) is 38.6 Å². The zero-order valence-electron chi connectivity index (χ0n) is 19.8. The number of piperazine rings is 1. The summed E-state index contributed by atoms with van der Waals surface area (Å²) < 4.78 is 0. The molecule has 36 heavy (non-hydrogen) atoms. The number of halogens is 1. The molecule has 1 amide bonds. The number of anilines is 2. The van der Waals surface area contributed by atoms with Gasteiger partial charge >= 0.3 is 0 Å². The van der Waals surface area contributed by atoms with Crippen LogP contribution in [0.3, 0.4) is 0 Å². The molecule has 0 radical (unpaired) electrons. The van der Waals surface area contributed by atoms with Crippen molar-refractivity contribution >= 4 is 57.0 Å². The fourth-order valence-electron chi connectivity index (χ4n) is 4.46. The van der Waals surface area contributed by atoms with Gasteiger partial charge in [0.15, 0.2) is 5.11 Å². The van der Waals surface area contributed by atoms with Crippen molar-refractivity contribution in [2.75, 3.05) is 36.4 Å². The molecule has 1 heterocycles. The molecule has 0 aromatic heterocycles. The number of carbonyl (C=O) groups excluding carboxylic acids is 1. The van der Waals surface area contributed by atoms with Crippen molar-refractivity contribution in [1.82, 2.24) is 10.2 Å². The van der Waals surface area contributed by atoms with E-state index in [1.54, 1.807) is 0 Å². The van der Waals surface area contributed by atoms with E-state index >= 15 is 0 Å². The summed E-state index contributed by atoms with van der Waals surface area (Å²) in [5, 5.41) is 9.09. The minimum atomic E-state index is -0.232. The Morgan fingerprint density at radius 3 is 2.28 bits per heavy atom. The van der Waals surface area contributed by atoms with Gasteiger partial charge in [0.2, 0.25) is 0 Å². The fourth-order valence-corrected chi connectivity index (χ4v) is 4.86. The Bertz CT molecular complexity index is 1380. The summed E-state index contributed by atoms with van der Waals surface area (Å²) in [5.74, 6) is -0.232. The summed E-state index contributed by atoms with van der Waals surface area (Å²) in [6, 6.07) is 29.8. The van der Waals surface area contributed by atoms with Crippen molar-refractivity contribution in [3.63, 3.8) is 0 Å². The lowest BCUT2D eigenvalue weighted by Crippen LogP contribution is -2.46. The normalized spacial score (nSPS) is 14.0. The fraction of sp³-hybridized carbons (Fsp3) is 0.172. The number of nitrogens with zero attached hydrogens (tertiary/aromatic N) is 2. The van der Waals surface area contributed by atoms with Gasteiger partial charge < -0.3 is 10.2 Å². The predicted octanol–water partition coefficient (Wildman–Crippen LogP) is 5.94. The van der Waals surface area contributed by atoms with Crippen molar-refractivity contribution in [2.24, 2.45) is 0 Å². The molecule has 4 aromatic carbocycles. The van der Waals surface area contributed by atoms with Crippen LogP contribution in [0.1, 0.15) is 15.9 Å². The number of amides is 1. The second-order valence-corrected chi connectivity index (χ2v) is 9.69. The van der Waals surface area contributed by atoms with Gasteiger partial charge in [0.1, 0.15) is 0 Å². The Hall–Kier alpha value is -3.45. The second kappa shape index (κ2) is 11.1. The summed E-state index contributed by atoms with van der Waals surface area (Å²) >= 11 is 11.7. The third-order valence-electron chi connectivity index (χ3n) is 6.45. The largest absolute Gasteiger partial charge is 0.369 e. The number of benzene rings is 4. The Labute approximate surface area is 221 Å². The number of thiocarbonyl (C=S) groups is 1. The Morgan fingerprint density at radius 1 is 0.833 bits per heavy atom. The molecule has 7 heteroatoms. The number of carbonyl (C=O) groups is 1. The zero-order valence-corrected chi connectivity index (χ0v) is 21.4. The monoisotopic (exact) mass is 514 g/mol. The van der Waals surface area contributed by atoms with Crippen LogP contribution in [-0.4, -0.2) is 42.1 Å². The van der Waals surface area contributed by atoms with Crippen LogP contribution in [0, 0.1) is 0 Å². The number of rotatable bonds is 5. The average molecular weight is 515 g/mol. The molecule has 4 aromatic rings. The standard InChI is InChI=1S/C29H27ClN4OS/c30-27-8-4-3-7-24(27)20-33-15-17-34(18-16-33)26-13-11-25(12-14-26)31-29(36)32-28(35)23-10-9-21-5-1-2-6-22(21)19-23/h1-14,19H,15-18,20H2,(H2,31,32,35,36). The van der Waals surface area contributed by atoms with E-state index in [9.17, 15) is 4.79 Å². The van der Waals surface area contributed by atoms with Crippen molar-refractivity contribution in [3.8, 4) is 0 Å². The van der Waals surface area contributed by atoms with Gasteiger partial charge in [-0.2, -0.15) is 0 Å². The highest BCUT2D eigenvalue weighted by molar-refractivity contribution is 7.80. The molecule has 0 atom stereocenters. The first-order chi connectivity index (χ1) is 17.5. The molecule has 0 aliphatic carbocycles. The smallest absolute Gasteiger partial charge is 0.257 e. The summed E-state index contributed by atoms with van der Waals surface area (Å²) in [5.41, 5.74) is 3.75. The predicted molar refractivity (Wildman–Crippen MR) is 153 cm³/mol. The lowest BCUT2D eigenvalue weighted by atomic mass is 10.1. The van der Waals surface area contributed by atoms with Gasteiger partial charge in [-0.1, -0.05) is 60.1 Å². The molecule has 1 fully saturated rings. The first kappa shape index (κ1) is 24.3. The van der Waals surface area contributed by atoms with Crippen molar-refractivity contribution in [2.45, 2.75) is 6.54 Å². The van der Waals surface area contributed by atoms with Crippen molar-refractivity contribution < 1.29 is 4.79 Å². The van der Waals surface area contributed by atoms with E-state index in [0.29, 0.717) is 5.56 Å². The van der Waals surface area contributed by atoms with Gasteiger partial charge in [-0.25, -0.2) is 0 Å². The Balaban J connectivity index is 1.12. The molecule has 5 rings (SSSR count). The highest BCUT2D eigenvalue weighted by Gasteiger charge is 2.18. The molecule has 0 bridgehead atoms. The number of fused-ring (bicyclic) bond motifs is 1. The van der Waals surface area contributed by atoms with Crippen LogP contribution in [0.25, 0.3) is 10.8 Å². The molecular formula is C29H27ClN4OS. The van der Waals surface area contributed by atoms with Gasteiger partial charge in [-0.15, -0.1) is 0 Å². The van der Waals surface area contributed by atoms with Gasteiger partial charge in [0.05, 0.1) is 0 Å². The van der Waals surface area contributed by atoms with Crippen molar-refractivity contribution in [1.29, 1.82) is 0 Å². The van der Waals surface area contributed by atoms with E-state index in [4.69, 9.17) is 23.8 Å². The second-order valence-electron chi connectivity index (χ2n) is 8.87. The molecule has 1 aliphatic rings. The summed E-state index contributed by atoms with van der Waals surface area (Å²) in [6.07, 6.45) is 0. The minimum Gasteiger partial charge on any atom is -0.369 e. The maximum absolute atomic E-state index is 12.7. The van der Waals surface area contributed by atoms with Crippen LogP contribution in [0.4, 0.5) is 11.4 Å². The molecular weight excluding hydrogens is 488 g/mol. The zero-order chi connectivity index (χ0) is 24.9. The molecule has 5 nitrogen and oxygen atoms in total. The summed E-state index contributed by atoms with van der Waals surface area (Å²) in [4.78, 5) is 17.5. The Morgan fingerprint density at radius 2 is 1.53 bits per heavy atom. The van der Waals surface area contributed by atoms with Gasteiger partial charge in [-0.3, -0.25) is 15.0 Å². The number of nitrogens with one attached hydrogen (secondary N) is 2. The third-order valence-corrected chi connectivity index (χ3v) is 7.03. The molecule has 1 saturated heterocycles. The molecule has 182 valence electrons. The van der Waals surface area contributed by atoms with Crippen LogP contribution in [-0.2, 0) is 6.54 Å². The highest BCUT2D eigenvalue weighted by Crippen LogP contribution is 2.22. The Kier molecular flexibility index (Phi) is 7.47. The lowest BCUT2D eigenvalue weighted by molar-refractivity contribution is 0.0978. The van der Waals surface area contributed by atoms with E-state index in [1.807, 2.05) is 72.8 Å². The van der Waals surface area contributed by atoms with Crippen LogP contribution < -0.4 is 15.5 Å². The van der Waals surface area contributed by atoms with E-state index in [-0.39, 0.29) is 11.0 Å². The highest BCUT2D eigenvalue weighted by atomic mass is 35.5. The van der Waals surface area contributed by atoms with Gasteiger partial charge in [-0.05, 0) is 71.0 Å². The maximum Gasteiger partial charge on any atom is 0.257 e. The molecule has 0 saturated carbocycles. The number of hydrogen-bond acceptors (Lipinski definition) is 4. The number of hydrogen-bond donors (Lipinski definition) is 2. The van der Waals surface area contributed by atoms with E-state index in [1.165, 1.54) is 11.3 Å². The van der Waals surface area contributed by atoms with Crippen LogP contribution in [0.15, 0.2) is 91.0 Å². The van der Waals surface area contributed by atoms with Crippen LogP contribution in [0.2, 0.25) is 5.02 Å². The lowest BCUT2D eigenvalue weighted by Gasteiger charge is -2.36. The minimum absolute atomic E-state index is 0.232. The maximum atomic E-state index is 12.7. The third kappa shape index (κ3) is 5.85. The van der Waals surface area contributed by atoms with Gasteiger partial charge in [0, 0.05) is 54.7 Å². The van der Waals surface area contributed by atoms with Crippen LogP contribution >= 0.6 is 23.8 Å². The molecule has 0 unspecified atom stereocenters. The van der Waals surface area contributed by atoms with Crippen LogP contribution in [0.5, 0.6) is 0 Å². The molecule has 0 spiro atoms. The summed E-state index contributed by atoms with van der Waals surface area (Å²) in [6.45, 7) is 4.75. The quantitative estimate of drug-likeness (QED) is 0.323. The SMILES string of the molecule is O=C(NC(=S)Nc1ccc(N2CCN(Cc3ccccc3Cl)CC2)cc1)c1ccc2ccccc2c1. The molecule has 2 N–H and O–H groups in total. The van der Waals surface area contributed by atoms with Crippen molar-refractivity contribution in [3.05, 3.63) is 107 Å². The topological polar surface area (TPSA) is 47.6 Å². The average Bonchev–Trinajstić information content (AvgIpc) is 2.90. The van der Waals surface area contributed by atoms with Gasteiger partial charge in [0.25, 0.3) is 5.91 Å². The first-order valence-corrected chi connectivity index (χ1v) is 12.8. The van der Waals surface area contributed by atoms with E-state index in [0.717, 1.165) is 54.2 Å². The molecule has 1 aliphatic heterocycles. The van der Waals surface area contributed by atoms with E-state index < -0.39 is 0 Å². The first-order valence-electron chi connectivity index (χ1n) is 12.0.